The molecule has 0 fully saturated rings. The third kappa shape index (κ3) is 3.89. The van der Waals surface area contributed by atoms with Gasteiger partial charge in [-0.1, -0.05) is 97.1 Å². The highest BCUT2D eigenvalue weighted by atomic mass is 16.3. The van der Waals surface area contributed by atoms with Crippen molar-refractivity contribution in [2.45, 2.75) is 13.2 Å². The number of aliphatic hydroxyl groups is 2. The number of benzene rings is 4. The van der Waals surface area contributed by atoms with Gasteiger partial charge in [-0.15, -0.1) is 0 Å². The highest BCUT2D eigenvalue weighted by Crippen LogP contribution is 2.28. The lowest BCUT2D eigenvalue weighted by molar-refractivity contribution is 0.281. The van der Waals surface area contributed by atoms with Crippen molar-refractivity contribution in [1.29, 1.82) is 0 Å². The fraction of sp³-hybridized carbons (Fsp3) is 0.0769. The third-order valence-electron chi connectivity index (χ3n) is 5.04. The minimum absolute atomic E-state index is 0.0702. The molecule has 4 rings (SSSR count). The van der Waals surface area contributed by atoms with Crippen molar-refractivity contribution in [1.82, 2.24) is 0 Å². The largest absolute Gasteiger partial charge is 0.392 e. The molecule has 2 nitrogen and oxygen atoms in total. The van der Waals surface area contributed by atoms with Crippen LogP contribution in [0.1, 0.15) is 11.1 Å². The maximum absolute atomic E-state index is 9.17. The monoisotopic (exact) mass is 366 g/mol. The molecule has 0 radical (unpaired) electrons. The molecule has 0 aliphatic carbocycles. The van der Waals surface area contributed by atoms with Gasteiger partial charge in [-0.3, -0.25) is 0 Å². The first-order valence-electron chi connectivity index (χ1n) is 9.38. The Hall–Kier alpha value is -3.20. The molecule has 0 aromatic heterocycles. The molecular weight excluding hydrogens is 344 g/mol. The summed E-state index contributed by atoms with van der Waals surface area (Å²) in [5, 5.41) is 18.3. The Balaban J connectivity index is 1.53. The minimum atomic E-state index is 0.0702. The van der Waals surface area contributed by atoms with Gasteiger partial charge in [-0.2, -0.15) is 0 Å². The van der Waals surface area contributed by atoms with Crippen LogP contribution in [0.2, 0.25) is 0 Å². The zero-order valence-electron chi connectivity index (χ0n) is 15.5. The van der Waals surface area contributed by atoms with Gasteiger partial charge in [0.1, 0.15) is 0 Å². The van der Waals surface area contributed by atoms with Crippen molar-refractivity contribution in [3.63, 3.8) is 0 Å². The molecule has 2 N–H and O–H groups in total. The molecular formula is C26H22O2. The van der Waals surface area contributed by atoms with E-state index in [0.29, 0.717) is 0 Å². The quantitative estimate of drug-likeness (QED) is 0.477. The van der Waals surface area contributed by atoms with Gasteiger partial charge in [0.2, 0.25) is 0 Å². The van der Waals surface area contributed by atoms with E-state index in [1.54, 1.807) is 0 Å². The molecule has 0 bridgehead atoms. The zero-order chi connectivity index (χ0) is 19.3. The first-order chi connectivity index (χ1) is 13.8. The van der Waals surface area contributed by atoms with Crippen LogP contribution in [0.25, 0.3) is 33.4 Å². The number of hydrogen-bond acceptors (Lipinski definition) is 2. The van der Waals surface area contributed by atoms with Gasteiger partial charge in [0, 0.05) is 0 Å². The van der Waals surface area contributed by atoms with Crippen molar-refractivity contribution in [2.75, 3.05) is 0 Å². The SMILES string of the molecule is OCc1ccc(-c2ccc(-c3ccc(-c4ccc(CO)cc4)cc3)cc2)cc1. The molecule has 4 aromatic rings. The molecule has 0 atom stereocenters. The van der Waals surface area contributed by atoms with E-state index in [1.807, 2.05) is 48.5 Å². The second kappa shape index (κ2) is 8.22. The summed E-state index contributed by atoms with van der Waals surface area (Å²) < 4.78 is 0. The van der Waals surface area contributed by atoms with Crippen LogP contribution in [-0.2, 0) is 13.2 Å². The summed E-state index contributed by atoms with van der Waals surface area (Å²) >= 11 is 0. The predicted octanol–water partition coefficient (Wildman–Crippen LogP) is 5.67. The number of hydrogen-bond donors (Lipinski definition) is 2. The van der Waals surface area contributed by atoms with E-state index in [2.05, 4.69) is 48.5 Å². The van der Waals surface area contributed by atoms with Crippen molar-refractivity contribution in [3.8, 4) is 33.4 Å². The number of rotatable bonds is 5. The molecule has 0 amide bonds. The maximum Gasteiger partial charge on any atom is 0.0681 e. The summed E-state index contributed by atoms with van der Waals surface area (Å²) in [5.74, 6) is 0. The van der Waals surface area contributed by atoms with Gasteiger partial charge >= 0.3 is 0 Å². The van der Waals surface area contributed by atoms with Crippen LogP contribution in [0.15, 0.2) is 97.1 Å². The van der Waals surface area contributed by atoms with Gasteiger partial charge in [-0.05, 0) is 44.5 Å². The van der Waals surface area contributed by atoms with E-state index >= 15 is 0 Å². The maximum atomic E-state index is 9.17. The van der Waals surface area contributed by atoms with Gasteiger partial charge in [0.15, 0.2) is 0 Å². The van der Waals surface area contributed by atoms with Crippen LogP contribution in [-0.4, -0.2) is 10.2 Å². The average Bonchev–Trinajstić information content (AvgIpc) is 2.79. The highest BCUT2D eigenvalue weighted by molar-refractivity contribution is 5.73. The van der Waals surface area contributed by atoms with Crippen LogP contribution in [0.3, 0.4) is 0 Å². The van der Waals surface area contributed by atoms with Crippen LogP contribution in [0, 0.1) is 0 Å². The third-order valence-corrected chi connectivity index (χ3v) is 5.04. The zero-order valence-corrected chi connectivity index (χ0v) is 15.5. The van der Waals surface area contributed by atoms with Crippen LogP contribution >= 0.6 is 0 Å². The first kappa shape index (κ1) is 18.2. The van der Waals surface area contributed by atoms with Crippen molar-refractivity contribution in [2.24, 2.45) is 0 Å². The predicted molar refractivity (Wildman–Crippen MR) is 115 cm³/mol. The van der Waals surface area contributed by atoms with Gasteiger partial charge < -0.3 is 10.2 Å². The van der Waals surface area contributed by atoms with E-state index in [-0.39, 0.29) is 13.2 Å². The van der Waals surface area contributed by atoms with E-state index in [4.69, 9.17) is 10.2 Å². The topological polar surface area (TPSA) is 40.5 Å². The first-order valence-corrected chi connectivity index (χ1v) is 9.38. The normalized spacial score (nSPS) is 10.8. The molecule has 0 unspecified atom stereocenters. The molecule has 4 aromatic carbocycles. The number of aliphatic hydroxyl groups excluding tert-OH is 2. The molecule has 0 aliphatic rings. The average molecular weight is 366 g/mol. The Morgan fingerprint density at radius 2 is 0.500 bits per heavy atom. The van der Waals surface area contributed by atoms with Gasteiger partial charge in [0.05, 0.1) is 13.2 Å². The Bertz CT molecular complexity index is 941. The summed E-state index contributed by atoms with van der Waals surface area (Å²) in [5.41, 5.74) is 8.81. The highest BCUT2D eigenvalue weighted by Gasteiger charge is 2.03. The molecule has 28 heavy (non-hydrogen) atoms. The second-order valence-corrected chi connectivity index (χ2v) is 6.86. The van der Waals surface area contributed by atoms with Gasteiger partial charge in [-0.25, -0.2) is 0 Å². The molecule has 0 heterocycles. The van der Waals surface area contributed by atoms with E-state index in [1.165, 1.54) is 11.1 Å². The molecule has 0 saturated heterocycles. The molecule has 0 aliphatic heterocycles. The fourth-order valence-electron chi connectivity index (χ4n) is 3.32. The van der Waals surface area contributed by atoms with E-state index in [9.17, 15) is 0 Å². The lowest BCUT2D eigenvalue weighted by atomic mass is 9.97. The molecule has 0 spiro atoms. The van der Waals surface area contributed by atoms with E-state index in [0.717, 1.165) is 33.4 Å². The summed E-state index contributed by atoms with van der Waals surface area (Å²) in [6, 6.07) is 33.0. The molecule has 0 saturated carbocycles. The molecule has 2 heteroatoms. The Kier molecular flexibility index (Phi) is 5.34. The lowest BCUT2D eigenvalue weighted by Crippen LogP contribution is -1.85. The summed E-state index contributed by atoms with van der Waals surface area (Å²) in [6.07, 6.45) is 0. The van der Waals surface area contributed by atoms with Crippen molar-refractivity contribution < 1.29 is 10.2 Å². The fourth-order valence-corrected chi connectivity index (χ4v) is 3.32. The van der Waals surface area contributed by atoms with Crippen LogP contribution in [0.5, 0.6) is 0 Å². The summed E-state index contributed by atoms with van der Waals surface area (Å²) in [4.78, 5) is 0. The second-order valence-electron chi connectivity index (χ2n) is 6.86. The van der Waals surface area contributed by atoms with Crippen LogP contribution in [0.4, 0.5) is 0 Å². The summed E-state index contributed by atoms with van der Waals surface area (Å²) in [6.45, 7) is 0.140. The Morgan fingerprint density at radius 3 is 0.679 bits per heavy atom. The van der Waals surface area contributed by atoms with Crippen LogP contribution < -0.4 is 0 Å². The smallest absolute Gasteiger partial charge is 0.0681 e. The van der Waals surface area contributed by atoms with E-state index < -0.39 is 0 Å². The van der Waals surface area contributed by atoms with Crippen molar-refractivity contribution >= 4 is 0 Å². The minimum Gasteiger partial charge on any atom is -0.392 e. The Labute approximate surface area is 165 Å². The van der Waals surface area contributed by atoms with Gasteiger partial charge in [0.25, 0.3) is 0 Å². The summed E-state index contributed by atoms with van der Waals surface area (Å²) in [7, 11) is 0. The van der Waals surface area contributed by atoms with Crippen molar-refractivity contribution in [3.05, 3.63) is 108 Å². The Morgan fingerprint density at radius 1 is 0.321 bits per heavy atom. The molecule has 138 valence electrons. The lowest BCUT2D eigenvalue weighted by Gasteiger charge is -2.08. The standard InChI is InChI=1S/C26H22O2/c27-17-19-1-5-21(6-2-19)23-9-13-25(14-10-23)26-15-11-24(12-16-26)22-7-3-20(18-28)4-8-22/h1-16,27-28H,17-18H2.